The maximum absolute atomic E-state index is 13.3. The van der Waals surface area contributed by atoms with E-state index < -0.39 is 35.1 Å². The minimum atomic E-state index is -4.67. The lowest BCUT2D eigenvalue weighted by molar-refractivity contribution is -0.137. The van der Waals surface area contributed by atoms with Crippen LogP contribution in [0.15, 0.2) is 18.2 Å². The van der Waals surface area contributed by atoms with Crippen LogP contribution in [0.5, 0.6) is 0 Å². The molecule has 0 spiro atoms. The first kappa shape index (κ1) is 15.1. The van der Waals surface area contributed by atoms with Gasteiger partial charge in [-0.15, -0.1) is 0 Å². The first-order valence-corrected chi connectivity index (χ1v) is 5.31. The van der Waals surface area contributed by atoms with E-state index >= 15 is 0 Å². The summed E-state index contributed by atoms with van der Waals surface area (Å²) in [6, 6.07) is 0.621. The van der Waals surface area contributed by atoms with Crippen LogP contribution in [-0.2, 0) is 11.0 Å². The fraction of sp³-hybridized carbons (Fsp3) is 0.333. The van der Waals surface area contributed by atoms with Crippen molar-refractivity contribution in [1.29, 1.82) is 0 Å². The molecule has 1 aromatic carbocycles. The van der Waals surface area contributed by atoms with Crippen molar-refractivity contribution in [2.24, 2.45) is 0 Å². The van der Waals surface area contributed by atoms with E-state index in [9.17, 15) is 27.2 Å². The monoisotopic (exact) mass is 277 g/mol. The van der Waals surface area contributed by atoms with Crippen LogP contribution in [0.25, 0.3) is 0 Å². The molecule has 1 N–H and O–H groups in total. The summed E-state index contributed by atoms with van der Waals surface area (Å²) in [6.45, 7) is 2.55. The van der Waals surface area contributed by atoms with Gasteiger partial charge in [-0.3, -0.25) is 9.59 Å². The van der Waals surface area contributed by atoms with Gasteiger partial charge in [-0.2, -0.15) is 13.2 Å². The quantitative estimate of drug-likeness (QED) is 0.863. The molecule has 0 radical (unpaired) electrons. The fourth-order valence-corrected chi connectivity index (χ4v) is 1.25. The van der Waals surface area contributed by atoms with E-state index in [1.807, 2.05) is 0 Å². The molecule has 0 aliphatic carbocycles. The number of alkyl halides is 3. The van der Waals surface area contributed by atoms with Crippen molar-refractivity contribution in [3.8, 4) is 0 Å². The lowest BCUT2D eigenvalue weighted by atomic mass is 10.1. The molecule has 1 amide bonds. The van der Waals surface area contributed by atoms with E-state index in [4.69, 9.17) is 0 Å². The summed E-state index contributed by atoms with van der Waals surface area (Å²) in [5.74, 6) is -2.53. The van der Waals surface area contributed by atoms with E-state index in [1.165, 1.54) is 13.8 Å². The van der Waals surface area contributed by atoms with Crippen molar-refractivity contribution >= 4 is 11.7 Å². The molecule has 0 aliphatic heterocycles. The topological polar surface area (TPSA) is 46.2 Å². The highest BCUT2D eigenvalue weighted by molar-refractivity contribution is 5.97. The minimum Gasteiger partial charge on any atom is -0.342 e. The number of hydrogen-bond acceptors (Lipinski definition) is 2. The van der Waals surface area contributed by atoms with Crippen molar-refractivity contribution < 1.29 is 27.2 Å². The minimum absolute atomic E-state index is 0.388. The van der Waals surface area contributed by atoms with Crippen molar-refractivity contribution in [1.82, 2.24) is 5.32 Å². The molecule has 1 unspecified atom stereocenters. The van der Waals surface area contributed by atoms with Crippen LogP contribution in [0, 0.1) is 5.82 Å². The number of Topliss-reactive ketones (excluding diaryl/α,β-unsaturated/α-hetero) is 1. The van der Waals surface area contributed by atoms with Crippen LogP contribution in [0.3, 0.4) is 0 Å². The number of benzene rings is 1. The Bertz CT molecular complexity index is 511. The number of nitrogens with one attached hydrogen (secondary N) is 1. The van der Waals surface area contributed by atoms with E-state index in [-0.39, 0.29) is 5.78 Å². The van der Waals surface area contributed by atoms with Crippen LogP contribution >= 0.6 is 0 Å². The zero-order valence-corrected chi connectivity index (χ0v) is 10.1. The molecule has 0 saturated heterocycles. The number of carbonyl (C=O) groups excluding carboxylic acids is 2. The molecule has 0 aromatic heterocycles. The first-order valence-electron chi connectivity index (χ1n) is 5.31. The molecule has 0 aliphatic rings. The second-order valence-corrected chi connectivity index (χ2v) is 4.00. The summed E-state index contributed by atoms with van der Waals surface area (Å²) < 4.78 is 50.7. The van der Waals surface area contributed by atoms with Gasteiger partial charge in [0.15, 0.2) is 5.78 Å². The third-order valence-electron chi connectivity index (χ3n) is 2.50. The van der Waals surface area contributed by atoms with Gasteiger partial charge in [-0.05, 0) is 32.0 Å². The Labute approximate surface area is 106 Å². The highest BCUT2D eigenvalue weighted by Gasteiger charge is 2.32. The van der Waals surface area contributed by atoms with Crippen LogP contribution in [0.4, 0.5) is 17.6 Å². The normalized spacial score (nSPS) is 12.9. The molecule has 1 atom stereocenters. The molecular formula is C12H11F4NO2. The number of amides is 1. The fourth-order valence-electron chi connectivity index (χ4n) is 1.25. The molecule has 104 valence electrons. The van der Waals surface area contributed by atoms with E-state index in [0.717, 1.165) is 0 Å². The summed E-state index contributed by atoms with van der Waals surface area (Å²) in [7, 11) is 0. The van der Waals surface area contributed by atoms with Gasteiger partial charge in [0.2, 0.25) is 0 Å². The lowest BCUT2D eigenvalue weighted by Gasteiger charge is -2.13. The Morgan fingerprint density at radius 2 is 1.84 bits per heavy atom. The van der Waals surface area contributed by atoms with Crippen LogP contribution in [0.2, 0.25) is 0 Å². The molecule has 19 heavy (non-hydrogen) atoms. The molecule has 0 saturated carbocycles. The Kier molecular flexibility index (Phi) is 4.28. The van der Waals surface area contributed by atoms with Gasteiger partial charge in [-0.1, -0.05) is 0 Å². The highest BCUT2D eigenvalue weighted by atomic mass is 19.4. The molecule has 0 bridgehead atoms. The SMILES string of the molecule is CC(=O)C(C)NC(=O)c1cc(C(F)(F)F)ccc1F. The molecular weight excluding hydrogens is 266 g/mol. The summed E-state index contributed by atoms with van der Waals surface area (Å²) in [5, 5.41) is 2.12. The third-order valence-corrected chi connectivity index (χ3v) is 2.50. The van der Waals surface area contributed by atoms with Gasteiger partial charge in [-0.25, -0.2) is 4.39 Å². The van der Waals surface area contributed by atoms with Crippen LogP contribution in [0.1, 0.15) is 29.8 Å². The number of hydrogen-bond donors (Lipinski definition) is 1. The standard InChI is InChI=1S/C12H11F4NO2/c1-6(7(2)18)17-11(19)9-5-8(12(14,15)16)3-4-10(9)13/h3-6H,1-2H3,(H,17,19). The Hall–Kier alpha value is -1.92. The zero-order chi connectivity index (χ0) is 14.8. The molecule has 1 rings (SSSR count). The van der Waals surface area contributed by atoms with Crippen LogP contribution in [-0.4, -0.2) is 17.7 Å². The second-order valence-electron chi connectivity index (χ2n) is 4.00. The average molecular weight is 277 g/mol. The Morgan fingerprint density at radius 1 is 1.26 bits per heavy atom. The lowest BCUT2D eigenvalue weighted by Crippen LogP contribution is -2.37. The van der Waals surface area contributed by atoms with Gasteiger partial charge >= 0.3 is 6.18 Å². The predicted molar refractivity (Wildman–Crippen MR) is 59.0 cm³/mol. The first-order chi connectivity index (χ1) is 8.62. The Balaban J connectivity index is 3.06. The largest absolute Gasteiger partial charge is 0.416 e. The maximum Gasteiger partial charge on any atom is 0.416 e. The van der Waals surface area contributed by atoms with Gasteiger partial charge in [0.25, 0.3) is 5.91 Å². The maximum atomic E-state index is 13.3. The molecule has 3 nitrogen and oxygen atoms in total. The number of rotatable bonds is 3. The molecule has 0 heterocycles. The Morgan fingerprint density at radius 3 is 2.32 bits per heavy atom. The zero-order valence-electron chi connectivity index (χ0n) is 10.1. The third kappa shape index (κ3) is 3.77. The smallest absolute Gasteiger partial charge is 0.342 e. The number of carbonyl (C=O) groups is 2. The van der Waals surface area contributed by atoms with Crippen molar-refractivity contribution in [2.75, 3.05) is 0 Å². The molecule has 1 aromatic rings. The van der Waals surface area contributed by atoms with Gasteiger partial charge in [0.1, 0.15) is 5.82 Å². The van der Waals surface area contributed by atoms with Gasteiger partial charge < -0.3 is 5.32 Å². The van der Waals surface area contributed by atoms with Gasteiger partial charge in [0, 0.05) is 0 Å². The highest BCUT2D eigenvalue weighted by Crippen LogP contribution is 2.30. The summed E-state index contributed by atoms with van der Waals surface area (Å²) >= 11 is 0. The van der Waals surface area contributed by atoms with E-state index in [0.29, 0.717) is 18.2 Å². The summed E-state index contributed by atoms with van der Waals surface area (Å²) in [4.78, 5) is 22.5. The van der Waals surface area contributed by atoms with Crippen molar-refractivity contribution in [3.05, 3.63) is 35.1 Å². The summed E-state index contributed by atoms with van der Waals surface area (Å²) in [5.41, 5.74) is -1.88. The molecule has 7 heteroatoms. The van der Waals surface area contributed by atoms with Gasteiger partial charge in [0.05, 0.1) is 17.2 Å². The van der Waals surface area contributed by atoms with Crippen LogP contribution < -0.4 is 5.32 Å². The number of halogens is 4. The molecule has 0 fully saturated rings. The average Bonchev–Trinajstić information content (AvgIpc) is 2.27. The second kappa shape index (κ2) is 5.38. The van der Waals surface area contributed by atoms with E-state index in [1.54, 1.807) is 0 Å². The summed E-state index contributed by atoms with van der Waals surface area (Å²) in [6.07, 6.45) is -4.67. The van der Waals surface area contributed by atoms with Crippen molar-refractivity contribution in [2.45, 2.75) is 26.1 Å². The number of ketones is 1. The van der Waals surface area contributed by atoms with E-state index in [2.05, 4.69) is 5.32 Å². The van der Waals surface area contributed by atoms with Crippen molar-refractivity contribution in [3.63, 3.8) is 0 Å². The predicted octanol–water partition coefficient (Wildman–Crippen LogP) is 2.55.